The van der Waals surface area contributed by atoms with Crippen molar-refractivity contribution in [1.82, 2.24) is 4.90 Å². The quantitative estimate of drug-likeness (QED) is 0.518. The van der Waals surface area contributed by atoms with Gasteiger partial charge in [0.2, 0.25) is 0 Å². The van der Waals surface area contributed by atoms with Gasteiger partial charge in [-0.3, -0.25) is 0 Å². The van der Waals surface area contributed by atoms with Gasteiger partial charge in [0, 0.05) is 16.0 Å². The molecule has 26 heavy (non-hydrogen) atoms. The van der Waals surface area contributed by atoms with E-state index in [-0.39, 0.29) is 5.92 Å². The first-order chi connectivity index (χ1) is 12.5. The van der Waals surface area contributed by atoms with Crippen molar-refractivity contribution in [3.8, 4) is 5.75 Å². The lowest BCUT2D eigenvalue weighted by Crippen LogP contribution is -2.30. The number of nitrogens with zero attached hydrogens (tertiary/aromatic N) is 1. The third-order valence-corrected chi connectivity index (χ3v) is 6.09. The Morgan fingerprint density at radius 1 is 1.19 bits per heavy atom. The average Bonchev–Trinajstić information content (AvgIpc) is 2.59. The maximum Gasteiger partial charge on any atom is 0.120 e. The second kappa shape index (κ2) is 9.30. The number of rotatable bonds is 6. The largest absolute Gasteiger partial charge is 0.494 e. The number of piperidine rings is 1. The molecule has 1 aromatic rings. The normalized spacial score (nSPS) is 22.1. The van der Waals surface area contributed by atoms with Crippen molar-refractivity contribution in [2.45, 2.75) is 44.9 Å². The van der Waals surface area contributed by atoms with Crippen LogP contribution in [0.4, 0.5) is 0 Å². The molecule has 0 radical (unpaired) electrons. The number of benzene rings is 1. The molecule has 1 unspecified atom stereocenters. The van der Waals surface area contributed by atoms with Crippen LogP contribution in [0.15, 0.2) is 41.0 Å². The van der Waals surface area contributed by atoms with Crippen molar-refractivity contribution in [3.05, 3.63) is 51.5 Å². The van der Waals surface area contributed by atoms with Crippen LogP contribution in [0.2, 0.25) is 5.02 Å². The molecule has 0 spiro atoms. The number of likely N-dealkylation sites (tertiary alicyclic amines) is 1. The van der Waals surface area contributed by atoms with Gasteiger partial charge in [0.25, 0.3) is 0 Å². The molecule has 1 fully saturated rings. The Hall–Kier alpha value is -0.960. The lowest BCUT2D eigenvalue weighted by Gasteiger charge is -2.28. The molecule has 1 saturated heterocycles. The molecule has 1 aromatic carbocycles. The molecule has 3 rings (SSSR count). The number of allylic oxidation sites excluding steroid dienone is 4. The monoisotopic (exact) mass is 393 g/mol. The average molecular weight is 394 g/mol. The van der Waals surface area contributed by atoms with Gasteiger partial charge in [-0.05, 0) is 88.9 Å². The van der Waals surface area contributed by atoms with Crippen LogP contribution in [0.5, 0.6) is 5.75 Å². The van der Waals surface area contributed by atoms with Crippen LogP contribution >= 0.6 is 23.2 Å². The van der Waals surface area contributed by atoms with Gasteiger partial charge in [0.15, 0.2) is 0 Å². The Morgan fingerprint density at radius 2 is 1.96 bits per heavy atom. The van der Waals surface area contributed by atoms with Crippen molar-refractivity contribution in [1.29, 1.82) is 0 Å². The number of hydrogen-bond acceptors (Lipinski definition) is 2. The molecule has 1 atom stereocenters. The van der Waals surface area contributed by atoms with E-state index in [0.717, 1.165) is 46.7 Å². The fourth-order valence-electron chi connectivity index (χ4n) is 3.95. The van der Waals surface area contributed by atoms with Gasteiger partial charge >= 0.3 is 0 Å². The Bertz CT molecular complexity index is 675. The first-order valence-electron chi connectivity index (χ1n) is 9.66. The lowest BCUT2D eigenvalue weighted by molar-refractivity contribution is 0.200. The number of ether oxygens (including phenoxy) is 1. The van der Waals surface area contributed by atoms with Crippen LogP contribution in [0.1, 0.15) is 50.5 Å². The van der Waals surface area contributed by atoms with Gasteiger partial charge < -0.3 is 9.64 Å². The van der Waals surface area contributed by atoms with Crippen LogP contribution in [0.25, 0.3) is 0 Å². The van der Waals surface area contributed by atoms with Crippen molar-refractivity contribution < 1.29 is 4.74 Å². The highest BCUT2D eigenvalue weighted by atomic mass is 35.5. The van der Waals surface area contributed by atoms with Crippen molar-refractivity contribution in [3.63, 3.8) is 0 Å². The van der Waals surface area contributed by atoms with Gasteiger partial charge in [-0.25, -0.2) is 0 Å². The second-order valence-electron chi connectivity index (χ2n) is 7.73. The molecule has 142 valence electrons. The van der Waals surface area contributed by atoms with E-state index in [1.54, 1.807) is 0 Å². The van der Waals surface area contributed by atoms with E-state index in [4.69, 9.17) is 27.9 Å². The zero-order valence-electron chi connectivity index (χ0n) is 15.8. The molecule has 2 nitrogen and oxygen atoms in total. The van der Waals surface area contributed by atoms with E-state index >= 15 is 0 Å². The van der Waals surface area contributed by atoms with Crippen molar-refractivity contribution >= 4 is 23.2 Å². The molecule has 0 bridgehead atoms. The second-order valence-corrected chi connectivity index (χ2v) is 8.63. The van der Waals surface area contributed by atoms with E-state index in [0.29, 0.717) is 0 Å². The summed E-state index contributed by atoms with van der Waals surface area (Å²) in [7, 11) is 2.21. The van der Waals surface area contributed by atoms with E-state index < -0.39 is 0 Å². The summed E-state index contributed by atoms with van der Waals surface area (Å²) in [6.07, 6.45) is 10.1. The third-order valence-electron chi connectivity index (χ3n) is 5.50. The van der Waals surface area contributed by atoms with Crippen LogP contribution in [-0.4, -0.2) is 31.6 Å². The molecule has 0 saturated carbocycles. The molecular weight excluding hydrogens is 365 g/mol. The third kappa shape index (κ3) is 5.52. The van der Waals surface area contributed by atoms with E-state index in [1.165, 1.54) is 37.9 Å². The zero-order chi connectivity index (χ0) is 18.5. The summed E-state index contributed by atoms with van der Waals surface area (Å²) in [5.74, 6) is 1.97. The molecule has 0 N–H and O–H groups in total. The summed E-state index contributed by atoms with van der Waals surface area (Å²) >= 11 is 12.8. The summed E-state index contributed by atoms with van der Waals surface area (Å²) in [4.78, 5) is 2.42. The summed E-state index contributed by atoms with van der Waals surface area (Å²) < 4.78 is 5.94. The first kappa shape index (κ1) is 19.8. The molecule has 0 aromatic heterocycles. The summed E-state index contributed by atoms with van der Waals surface area (Å²) in [5.41, 5.74) is 2.31. The Morgan fingerprint density at radius 3 is 2.65 bits per heavy atom. The predicted molar refractivity (Wildman–Crippen MR) is 111 cm³/mol. The highest BCUT2D eigenvalue weighted by Gasteiger charge is 2.18. The SMILES string of the molecule is CC1=CC(c2ccc(OCCCC3CCN(C)CC3)cc2Cl)CC(Cl)=C1. The minimum absolute atomic E-state index is 0.249. The number of hydrogen-bond donors (Lipinski definition) is 0. The number of halogens is 2. The van der Waals surface area contributed by atoms with Crippen LogP contribution in [0.3, 0.4) is 0 Å². The molecule has 1 aliphatic carbocycles. The van der Waals surface area contributed by atoms with Gasteiger partial charge in [-0.1, -0.05) is 40.9 Å². The highest BCUT2D eigenvalue weighted by Crippen LogP contribution is 2.37. The highest BCUT2D eigenvalue weighted by molar-refractivity contribution is 6.32. The van der Waals surface area contributed by atoms with E-state index in [1.807, 2.05) is 18.2 Å². The molecule has 2 aliphatic rings. The fraction of sp³-hybridized carbons (Fsp3) is 0.545. The van der Waals surface area contributed by atoms with Gasteiger partial charge in [-0.15, -0.1) is 0 Å². The molecule has 1 aliphatic heterocycles. The zero-order valence-corrected chi connectivity index (χ0v) is 17.3. The minimum Gasteiger partial charge on any atom is -0.494 e. The molecular formula is C22H29Cl2NO. The molecule has 4 heteroatoms. The van der Waals surface area contributed by atoms with Crippen LogP contribution in [-0.2, 0) is 0 Å². The first-order valence-corrected chi connectivity index (χ1v) is 10.4. The fourth-order valence-corrected chi connectivity index (χ4v) is 4.60. The van der Waals surface area contributed by atoms with Gasteiger partial charge in [-0.2, -0.15) is 0 Å². The van der Waals surface area contributed by atoms with Crippen molar-refractivity contribution in [2.24, 2.45) is 5.92 Å². The smallest absolute Gasteiger partial charge is 0.120 e. The Balaban J connectivity index is 1.48. The maximum atomic E-state index is 6.53. The summed E-state index contributed by atoms with van der Waals surface area (Å²) in [5, 5.41) is 1.65. The minimum atomic E-state index is 0.249. The van der Waals surface area contributed by atoms with Crippen LogP contribution in [0, 0.1) is 5.92 Å². The lowest BCUT2D eigenvalue weighted by atomic mass is 9.90. The van der Waals surface area contributed by atoms with E-state index in [9.17, 15) is 0 Å². The topological polar surface area (TPSA) is 12.5 Å². The van der Waals surface area contributed by atoms with Crippen LogP contribution < -0.4 is 4.74 Å². The standard InChI is InChI=1S/C22H29Cl2NO/c1-16-12-18(14-19(23)13-16)21-6-5-20(15-22(21)24)26-11-3-4-17-7-9-25(2)10-8-17/h5-6,12-13,15,17-18H,3-4,7-11,14H2,1-2H3. The van der Waals surface area contributed by atoms with Crippen molar-refractivity contribution in [2.75, 3.05) is 26.7 Å². The Labute approximate surface area is 167 Å². The summed E-state index contributed by atoms with van der Waals surface area (Å²) in [6, 6.07) is 6.06. The maximum absolute atomic E-state index is 6.53. The predicted octanol–water partition coefficient (Wildman–Crippen LogP) is 6.40. The molecule has 0 amide bonds. The van der Waals surface area contributed by atoms with Gasteiger partial charge in [0.05, 0.1) is 6.61 Å². The molecule has 1 heterocycles. The van der Waals surface area contributed by atoms with Gasteiger partial charge in [0.1, 0.15) is 5.75 Å². The Kier molecular flexibility index (Phi) is 7.08. The summed E-state index contributed by atoms with van der Waals surface area (Å²) in [6.45, 7) is 5.30. The van der Waals surface area contributed by atoms with E-state index in [2.05, 4.69) is 31.0 Å².